The highest BCUT2D eigenvalue weighted by Crippen LogP contribution is 1.93. The van der Waals surface area contributed by atoms with Crippen molar-refractivity contribution in [2.75, 3.05) is 39.6 Å². The topological polar surface area (TPSA) is 46.2 Å². The normalized spacial score (nSPS) is 24.0. The van der Waals surface area contributed by atoms with E-state index in [-0.39, 0.29) is 0 Å². The van der Waals surface area contributed by atoms with E-state index in [1.807, 2.05) is 0 Å². The Kier molecular flexibility index (Phi) is 6.14. The Morgan fingerprint density at radius 3 is 1.25 bits per heavy atom. The minimum Gasteiger partial charge on any atom is -0.377 e. The fourth-order valence-electron chi connectivity index (χ4n) is 0.719. The molecule has 12 heavy (non-hydrogen) atoms. The minimum atomic E-state index is 0.653. The third-order valence-electron chi connectivity index (χ3n) is 1.30. The van der Waals surface area contributed by atoms with E-state index in [0.717, 1.165) is 32.8 Å². The van der Waals surface area contributed by atoms with Crippen LogP contribution in [0.2, 0.25) is 0 Å². The summed E-state index contributed by atoms with van der Waals surface area (Å²) >= 11 is 0. The van der Waals surface area contributed by atoms with Crippen molar-refractivity contribution in [3.63, 3.8) is 0 Å². The zero-order valence-corrected chi connectivity index (χ0v) is 6.99. The lowest BCUT2D eigenvalue weighted by Gasteiger charge is -2.09. The van der Waals surface area contributed by atoms with Crippen LogP contribution >= 0.6 is 0 Å². The largest absolute Gasteiger partial charge is 0.377 e. The maximum Gasteiger partial charge on any atom is 0.0877 e. The summed E-state index contributed by atoms with van der Waals surface area (Å²) < 4.78 is 9.89. The predicted octanol–water partition coefficient (Wildman–Crippen LogP) is 0.303. The Morgan fingerprint density at radius 2 is 1.08 bits per heavy atom. The van der Waals surface area contributed by atoms with Crippen LogP contribution in [0.5, 0.6) is 0 Å². The van der Waals surface area contributed by atoms with Gasteiger partial charge in [0.05, 0.1) is 39.6 Å². The van der Waals surface area contributed by atoms with Crippen LogP contribution in [0.15, 0.2) is 0 Å². The van der Waals surface area contributed by atoms with Crippen molar-refractivity contribution in [2.24, 2.45) is 0 Å². The van der Waals surface area contributed by atoms with Gasteiger partial charge in [-0.2, -0.15) is 0 Å². The molecule has 2 aliphatic rings. The van der Waals surface area contributed by atoms with Gasteiger partial charge in [-0.1, -0.05) is 5.04 Å². The smallest absolute Gasteiger partial charge is 0.0877 e. The maximum absolute atomic E-state index is 4.94. The van der Waals surface area contributed by atoms with Gasteiger partial charge in [0, 0.05) is 6.42 Å². The second kappa shape index (κ2) is 7.45. The van der Waals surface area contributed by atoms with Gasteiger partial charge in [0.2, 0.25) is 0 Å². The van der Waals surface area contributed by atoms with Gasteiger partial charge in [-0.25, -0.2) is 9.78 Å². The fraction of sp³-hybridized carbons (Fsp3) is 1.00. The second-order valence-corrected chi connectivity index (χ2v) is 2.29. The van der Waals surface area contributed by atoms with E-state index < -0.39 is 0 Å². The number of hydrogen-bond acceptors (Lipinski definition) is 5. The summed E-state index contributed by atoms with van der Waals surface area (Å²) in [6.07, 6.45) is 0.931. The van der Waals surface area contributed by atoms with E-state index in [4.69, 9.17) is 9.47 Å². The van der Waals surface area contributed by atoms with Gasteiger partial charge in [-0.3, -0.25) is 0 Å². The molecule has 0 aromatic carbocycles. The standard InChI is InChI=1S/C4H8O2.C3H6O3/c1-2-6-4-3-5-1;1-2-4-6-5-3-1/h1-4H2;1-3H2. The highest BCUT2D eigenvalue weighted by molar-refractivity contribution is 4.37. The van der Waals surface area contributed by atoms with Gasteiger partial charge in [-0.05, 0) is 0 Å². The molecule has 0 atom stereocenters. The Bertz CT molecular complexity index is 54.8. The lowest BCUT2D eigenvalue weighted by atomic mass is 10.5. The summed E-state index contributed by atoms with van der Waals surface area (Å²) in [5.74, 6) is 0. The summed E-state index contributed by atoms with van der Waals surface area (Å²) in [4.78, 5) is 8.69. The first-order valence-corrected chi connectivity index (χ1v) is 4.07. The first-order valence-electron chi connectivity index (χ1n) is 4.07. The lowest BCUT2D eigenvalue weighted by Crippen LogP contribution is -2.16. The molecule has 0 N–H and O–H groups in total. The molecule has 2 fully saturated rings. The van der Waals surface area contributed by atoms with Crippen molar-refractivity contribution >= 4 is 0 Å². The van der Waals surface area contributed by atoms with Crippen molar-refractivity contribution in [1.29, 1.82) is 0 Å². The molecule has 0 aromatic heterocycles. The molecule has 0 spiro atoms. The van der Waals surface area contributed by atoms with Crippen LogP contribution in [-0.2, 0) is 24.3 Å². The molecular weight excluding hydrogens is 164 g/mol. The van der Waals surface area contributed by atoms with Crippen LogP contribution in [0.3, 0.4) is 0 Å². The lowest BCUT2D eigenvalue weighted by molar-refractivity contribution is -0.532. The quantitative estimate of drug-likeness (QED) is 0.499. The molecule has 0 bridgehead atoms. The summed E-state index contributed by atoms with van der Waals surface area (Å²) in [7, 11) is 0. The summed E-state index contributed by atoms with van der Waals surface area (Å²) in [5.41, 5.74) is 0. The molecule has 0 aliphatic carbocycles. The zero-order valence-electron chi connectivity index (χ0n) is 6.99. The molecule has 0 amide bonds. The Morgan fingerprint density at radius 1 is 0.583 bits per heavy atom. The summed E-state index contributed by atoms with van der Waals surface area (Å²) in [6, 6.07) is 0. The van der Waals surface area contributed by atoms with Crippen molar-refractivity contribution in [3.05, 3.63) is 0 Å². The first-order chi connectivity index (χ1) is 6.00. The molecule has 2 rings (SSSR count). The van der Waals surface area contributed by atoms with E-state index >= 15 is 0 Å². The molecular formula is C7H14O5. The van der Waals surface area contributed by atoms with E-state index in [2.05, 4.69) is 14.8 Å². The fourth-order valence-corrected chi connectivity index (χ4v) is 0.719. The average Bonchev–Trinajstić information content (AvgIpc) is 2.24. The van der Waals surface area contributed by atoms with Gasteiger partial charge < -0.3 is 9.47 Å². The van der Waals surface area contributed by atoms with Crippen molar-refractivity contribution in [2.45, 2.75) is 6.42 Å². The summed E-state index contributed by atoms with van der Waals surface area (Å²) in [5, 5.41) is 4.07. The molecule has 0 radical (unpaired) electrons. The number of ether oxygens (including phenoxy) is 2. The van der Waals surface area contributed by atoms with Crippen molar-refractivity contribution in [1.82, 2.24) is 0 Å². The highest BCUT2D eigenvalue weighted by atomic mass is 17.5. The van der Waals surface area contributed by atoms with E-state index in [1.54, 1.807) is 0 Å². The Hall–Kier alpha value is -0.200. The third kappa shape index (κ3) is 5.45. The summed E-state index contributed by atoms with van der Waals surface area (Å²) in [6.45, 7) is 4.42. The predicted molar refractivity (Wildman–Crippen MR) is 39.2 cm³/mol. The Labute approximate surface area is 71.3 Å². The van der Waals surface area contributed by atoms with Gasteiger partial charge >= 0.3 is 0 Å². The molecule has 0 saturated carbocycles. The van der Waals surface area contributed by atoms with Crippen LogP contribution in [0.25, 0.3) is 0 Å². The van der Waals surface area contributed by atoms with Crippen LogP contribution in [0, 0.1) is 0 Å². The molecule has 72 valence electrons. The van der Waals surface area contributed by atoms with E-state index in [0.29, 0.717) is 13.2 Å². The second-order valence-electron chi connectivity index (χ2n) is 2.29. The molecule has 0 unspecified atom stereocenters. The molecule has 2 saturated heterocycles. The Balaban J connectivity index is 0.000000120. The van der Waals surface area contributed by atoms with Gasteiger partial charge in [0.1, 0.15) is 0 Å². The third-order valence-corrected chi connectivity index (χ3v) is 1.30. The van der Waals surface area contributed by atoms with Crippen LogP contribution in [0.1, 0.15) is 6.42 Å². The number of rotatable bonds is 0. The highest BCUT2D eigenvalue weighted by Gasteiger charge is 1.96. The molecule has 5 nitrogen and oxygen atoms in total. The maximum atomic E-state index is 4.94. The molecule has 5 heteroatoms. The monoisotopic (exact) mass is 178 g/mol. The number of hydrogen-bond donors (Lipinski definition) is 0. The van der Waals surface area contributed by atoms with E-state index in [9.17, 15) is 0 Å². The van der Waals surface area contributed by atoms with Crippen LogP contribution < -0.4 is 0 Å². The van der Waals surface area contributed by atoms with Crippen LogP contribution in [0.4, 0.5) is 0 Å². The average molecular weight is 178 g/mol. The van der Waals surface area contributed by atoms with Crippen LogP contribution in [-0.4, -0.2) is 39.6 Å². The van der Waals surface area contributed by atoms with Crippen molar-refractivity contribution in [3.8, 4) is 0 Å². The van der Waals surface area contributed by atoms with Gasteiger partial charge in [0.15, 0.2) is 0 Å². The van der Waals surface area contributed by atoms with Gasteiger partial charge in [-0.15, -0.1) is 0 Å². The SMILES string of the molecule is C1COCCO1.C1COOOC1. The van der Waals surface area contributed by atoms with Gasteiger partial charge in [0.25, 0.3) is 0 Å². The zero-order chi connectivity index (χ0) is 8.49. The molecule has 2 aliphatic heterocycles. The van der Waals surface area contributed by atoms with Crippen molar-refractivity contribution < 1.29 is 24.3 Å². The first kappa shape index (κ1) is 9.88. The minimum absolute atomic E-state index is 0.653. The van der Waals surface area contributed by atoms with E-state index in [1.165, 1.54) is 0 Å². The molecule has 0 aromatic rings. The molecule has 2 heterocycles.